The van der Waals surface area contributed by atoms with Gasteiger partial charge in [-0.2, -0.15) is 0 Å². The van der Waals surface area contributed by atoms with Crippen molar-refractivity contribution >= 4 is 125 Å². The molecule has 0 aliphatic rings. The van der Waals surface area contributed by atoms with Crippen LogP contribution in [-0.2, 0) is 38.1 Å². The molecular formula is C45H20O37. The van der Waals surface area contributed by atoms with Gasteiger partial charge in [-0.3, -0.25) is 0 Å². The van der Waals surface area contributed by atoms with Gasteiger partial charge in [-0.05, 0) is 0 Å². The number of benzene rings is 3. The highest BCUT2D eigenvalue weighted by Gasteiger charge is 2.48. The Morgan fingerprint density at radius 2 is 0.293 bits per heavy atom. The second-order valence-corrected chi connectivity index (χ2v) is 14.2. The molecule has 3 aromatic rings. The predicted octanol–water partition coefficient (Wildman–Crippen LogP) is -0.0306. The SMILES string of the molecule is C=CC(=O)OC(=O)c1c(C(=O)O)c(C(=O)OC(=O)c2c(C(=O)O)c(C(=O)O)c(C(=O)O)c(C(=O)O)c2C(=O)O)c(C(=O)OC(=O)c2c(C(=O)O)c(C(=O)O)c(C(=O)O)c(C(=O)O)c2C(=O)O)c(C(=O)OC(=O)C=C)c1C(=O)OC(=O)C=C. The predicted molar refractivity (Wildman–Crippen MR) is 237 cm³/mol. The number of rotatable bonds is 21. The molecule has 0 radical (unpaired) electrons. The molecule has 82 heavy (non-hydrogen) atoms. The molecule has 0 unspecified atom stereocenters. The maximum Gasteiger partial charge on any atom is 0.347 e. The third-order valence-corrected chi connectivity index (χ3v) is 9.73. The summed E-state index contributed by atoms with van der Waals surface area (Å²) in [5, 5.41) is 110. The zero-order valence-electron chi connectivity index (χ0n) is 38.9. The van der Waals surface area contributed by atoms with Gasteiger partial charge in [0.25, 0.3) is 0 Å². The Balaban J connectivity index is 3.02. The van der Waals surface area contributed by atoms with Crippen molar-refractivity contribution in [2.75, 3.05) is 0 Å². The lowest BCUT2D eigenvalue weighted by molar-refractivity contribution is -0.133. The number of hydrogen-bond donors (Lipinski definition) is 11. The molecule has 3 rings (SSSR count). The minimum Gasteiger partial charge on any atom is -0.478 e. The number of aromatic carboxylic acids is 11. The average molecular weight is 1150 g/mol. The van der Waals surface area contributed by atoms with Crippen LogP contribution in [0.3, 0.4) is 0 Å². The van der Waals surface area contributed by atoms with Crippen LogP contribution in [-0.4, -0.2) is 182 Å². The normalized spacial score (nSPS) is 10.2. The summed E-state index contributed by atoms with van der Waals surface area (Å²) in [5.74, 6) is -59.7. The lowest BCUT2D eigenvalue weighted by Gasteiger charge is -2.21. The summed E-state index contributed by atoms with van der Waals surface area (Å²) in [6.07, 6.45) is 0.0279. The van der Waals surface area contributed by atoms with Crippen molar-refractivity contribution in [1.82, 2.24) is 0 Å². The van der Waals surface area contributed by atoms with Crippen LogP contribution in [0.4, 0.5) is 0 Å². The lowest BCUT2D eigenvalue weighted by Crippen LogP contribution is -2.34. The molecule has 0 aromatic heterocycles. The molecule has 37 heteroatoms. The number of carbonyl (C=O) groups is 21. The molecule has 0 saturated heterocycles. The second kappa shape index (κ2) is 24.2. The van der Waals surface area contributed by atoms with E-state index in [9.17, 15) is 157 Å². The smallest absolute Gasteiger partial charge is 0.347 e. The largest absolute Gasteiger partial charge is 0.478 e. The summed E-state index contributed by atoms with van der Waals surface area (Å²) in [5.41, 5.74) is -44.9. The second-order valence-electron chi connectivity index (χ2n) is 14.2. The van der Waals surface area contributed by atoms with Gasteiger partial charge in [0.15, 0.2) is 0 Å². The third kappa shape index (κ3) is 11.7. The van der Waals surface area contributed by atoms with Crippen LogP contribution in [0.1, 0.15) is 186 Å². The number of esters is 10. The van der Waals surface area contributed by atoms with Gasteiger partial charge >= 0.3 is 125 Å². The highest BCUT2D eigenvalue weighted by Crippen LogP contribution is 2.37. The van der Waals surface area contributed by atoms with E-state index in [-0.39, 0.29) is 18.2 Å². The van der Waals surface area contributed by atoms with E-state index in [4.69, 9.17) is 0 Å². The highest BCUT2D eigenvalue weighted by atomic mass is 16.6. The van der Waals surface area contributed by atoms with Gasteiger partial charge in [-0.1, -0.05) is 19.7 Å². The van der Waals surface area contributed by atoms with Crippen LogP contribution in [0, 0.1) is 0 Å². The Kier molecular flexibility index (Phi) is 18.6. The molecule has 0 bridgehead atoms. The Morgan fingerprint density at radius 1 is 0.195 bits per heavy atom. The number of carbonyl (C=O) groups excluding carboxylic acids is 10. The van der Waals surface area contributed by atoms with Crippen molar-refractivity contribution in [3.8, 4) is 0 Å². The number of hydrogen-bond acceptors (Lipinski definition) is 26. The van der Waals surface area contributed by atoms with Gasteiger partial charge in [0.1, 0.15) is 0 Å². The average Bonchev–Trinajstić information content (AvgIpc) is 3.49. The van der Waals surface area contributed by atoms with Crippen molar-refractivity contribution in [3.05, 3.63) is 138 Å². The van der Waals surface area contributed by atoms with E-state index in [1.54, 1.807) is 0 Å². The molecule has 37 nitrogen and oxygen atoms in total. The monoisotopic (exact) mass is 1150 g/mol. The zero-order valence-corrected chi connectivity index (χ0v) is 38.9. The fourth-order valence-electron chi connectivity index (χ4n) is 6.96. The van der Waals surface area contributed by atoms with Crippen LogP contribution in [0.2, 0.25) is 0 Å². The van der Waals surface area contributed by atoms with E-state index < -0.39 is 225 Å². The molecule has 0 aliphatic heterocycles. The lowest BCUT2D eigenvalue weighted by atomic mass is 9.85. The van der Waals surface area contributed by atoms with Crippen LogP contribution in [0.15, 0.2) is 38.0 Å². The van der Waals surface area contributed by atoms with Gasteiger partial charge < -0.3 is 79.9 Å². The van der Waals surface area contributed by atoms with E-state index in [0.29, 0.717) is 0 Å². The molecule has 0 spiro atoms. The Bertz CT molecular complexity index is 3630. The molecule has 11 N–H and O–H groups in total. The van der Waals surface area contributed by atoms with E-state index in [1.807, 2.05) is 0 Å². The molecule has 0 amide bonds. The van der Waals surface area contributed by atoms with E-state index in [0.717, 1.165) is 0 Å². The van der Waals surface area contributed by atoms with Crippen LogP contribution >= 0.6 is 0 Å². The molecule has 0 saturated carbocycles. The Labute approximate surface area is 443 Å². The van der Waals surface area contributed by atoms with Crippen molar-refractivity contribution in [1.29, 1.82) is 0 Å². The number of ether oxygens (including phenoxy) is 5. The maximum absolute atomic E-state index is 14.7. The van der Waals surface area contributed by atoms with Crippen molar-refractivity contribution in [2.24, 2.45) is 0 Å². The molecule has 0 aliphatic carbocycles. The fraction of sp³-hybridized carbons (Fsp3) is 0. The molecule has 0 fully saturated rings. The van der Waals surface area contributed by atoms with Crippen molar-refractivity contribution in [2.45, 2.75) is 0 Å². The first-order valence-electron chi connectivity index (χ1n) is 19.9. The first kappa shape index (κ1) is 63.0. The quantitative estimate of drug-likeness (QED) is 0.0289. The number of carboxylic acids is 11. The third-order valence-electron chi connectivity index (χ3n) is 9.73. The molecule has 3 aromatic carbocycles. The number of carboxylic acid groups (broad SMARTS) is 11. The fourth-order valence-corrected chi connectivity index (χ4v) is 6.96. The molecule has 0 heterocycles. The minimum atomic E-state index is -3.32. The Morgan fingerprint density at radius 3 is 0.427 bits per heavy atom. The summed E-state index contributed by atoms with van der Waals surface area (Å²) in [7, 11) is 0. The van der Waals surface area contributed by atoms with Crippen LogP contribution in [0.5, 0.6) is 0 Å². The minimum absolute atomic E-state index is 0.0236. The van der Waals surface area contributed by atoms with Gasteiger partial charge in [-0.25, -0.2) is 101 Å². The van der Waals surface area contributed by atoms with Gasteiger partial charge in [-0.15, -0.1) is 0 Å². The summed E-state index contributed by atoms with van der Waals surface area (Å²) in [6, 6.07) is 0. The summed E-state index contributed by atoms with van der Waals surface area (Å²) in [4.78, 5) is 275. The van der Waals surface area contributed by atoms with E-state index in [1.165, 1.54) is 0 Å². The van der Waals surface area contributed by atoms with Crippen molar-refractivity contribution < 1.29 is 181 Å². The summed E-state index contributed by atoms with van der Waals surface area (Å²) >= 11 is 0. The first-order chi connectivity index (χ1) is 37.9. The van der Waals surface area contributed by atoms with Gasteiger partial charge in [0.05, 0.1) is 100 Å². The summed E-state index contributed by atoms with van der Waals surface area (Å²) in [6.45, 7) is 8.54. The van der Waals surface area contributed by atoms with E-state index >= 15 is 0 Å². The zero-order chi connectivity index (χ0) is 63.2. The van der Waals surface area contributed by atoms with Gasteiger partial charge in [0.2, 0.25) is 0 Å². The van der Waals surface area contributed by atoms with E-state index in [2.05, 4.69) is 43.4 Å². The molecule has 0 atom stereocenters. The van der Waals surface area contributed by atoms with Crippen LogP contribution in [0.25, 0.3) is 0 Å². The highest BCUT2D eigenvalue weighted by molar-refractivity contribution is 6.30. The van der Waals surface area contributed by atoms with Crippen LogP contribution < -0.4 is 0 Å². The first-order valence-corrected chi connectivity index (χ1v) is 19.9. The van der Waals surface area contributed by atoms with Crippen molar-refractivity contribution in [3.63, 3.8) is 0 Å². The topological polar surface area (TPSA) is 627 Å². The maximum atomic E-state index is 14.7. The van der Waals surface area contributed by atoms with Gasteiger partial charge in [0, 0.05) is 18.2 Å². The Hall–Kier alpha value is -13.3. The summed E-state index contributed by atoms with van der Waals surface area (Å²) < 4.78 is 21.5. The molecule has 422 valence electrons. The standard InChI is InChI=1S/C45H20O37/c1-4-7(46)78-39(71)23-20(38(69)70)24(44(76)81-42(74)21-16(34(61)62)12(30(53)54)10(28(49)50)13(31(55)56)17(21)35(63)64)26(27(41(73)80-9(48)6-3)25(23)40(72)79-8(47)5-2)45(77)82-43(75)22-18(36(65)66)14(32(57)58)11(29(51)52)15(33(59)60)19(22)37(67)68/h4-6H,1-3H2,(H,49,50)(H,51,52)(H,53,54)(H,55,56)(H,57,58)(H,59,60)(H,61,62)(H,63,64)(H,65,66)(H,67,68)(H,69,70). The molecular weight excluding hydrogens is 1130 g/mol.